The van der Waals surface area contributed by atoms with E-state index in [0.717, 1.165) is 5.56 Å². The van der Waals surface area contributed by atoms with Crippen molar-refractivity contribution in [2.24, 2.45) is 0 Å². The van der Waals surface area contributed by atoms with Gasteiger partial charge in [0, 0.05) is 25.5 Å². The number of carbonyl (C=O) groups excluding carboxylic acids is 2. The number of rotatable bonds is 5. The number of aromatic nitrogens is 2. The van der Waals surface area contributed by atoms with Crippen molar-refractivity contribution in [2.75, 3.05) is 18.5 Å². The normalized spacial score (nSPS) is 15.3. The van der Waals surface area contributed by atoms with Crippen molar-refractivity contribution in [1.29, 1.82) is 0 Å². The van der Waals surface area contributed by atoms with Crippen LogP contribution in [-0.2, 0) is 16.0 Å². The number of aryl methyl sites for hydroxylation is 1. The summed E-state index contributed by atoms with van der Waals surface area (Å²) < 4.78 is 11.0. The lowest BCUT2D eigenvalue weighted by atomic mass is 10.1. The summed E-state index contributed by atoms with van der Waals surface area (Å²) in [6.07, 6.45) is -0.277. The van der Waals surface area contributed by atoms with Crippen molar-refractivity contribution in [3.8, 4) is 17.1 Å². The number of hydrogen-bond acceptors (Lipinski definition) is 6. The number of ether oxygens (including phenoxy) is 1. The van der Waals surface area contributed by atoms with Crippen LogP contribution < -0.4 is 15.0 Å². The van der Waals surface area contributed by atoms with E-state index >= 15 is 0 Å². The molecule has 1 aromatic heterocycles. The summed E-state index contributed by atoms with van der Waals surface area (Å²) in [6, 6.07) is 16.7. The molecular weight excluding hydrogens is 372 g/mol. The first kappa shape index (κ1) is 18.7. The molecular formula is C21H20N4O4. The molecule has 0 bridgehead atoms. The number of hydrogen-bond donors (Lipinski definition) is 1. The fraction of sp³-hybridized carbons (Fsp3) is 0.238. The van der Waals surface area contributed by atoms with E-state index in [2.05, 4.69) is 15.5 Å². The van der Waals surface area contributed by atoms with Crippen molar-refractivity contribution in [3.63, 3.8) is 0 Å². The standard InChI is InChI=1S/C21H20N4O4/c1-22-21(27)17-13-25(15-9-5-6-10-16(15)28-17)19(26)12-11-18-23-20(24-29-18)14-7-3-2-4-8-14/h2-10,17H,11-13H2,1H3,(H,22,27)/t17-/m0/s1. The van der Waals surface area contributed by atoms with Crippen molar-refractivity contribution in [3.05, 3.63) is 60.5 Å². The van der Waals surface area contributed by atoms with E-state index in [0.29, 0.717) is 29.6 Å². The van der Waals surface area contributed by atoms with Crippen LogP contribution in [0.2, 0.25) is 0 Å². The summed E-state index contributed by atoms with van der Waals surface area (Å²) >= 11 is 0. The lowest BCUT2D eigenvalue weighted by Crippen LogP contribution is -2.50. The van der Waals surface area contributed by atoms with Gasteiger partial charge in [-0.05, 0) is 12.1 Å². The lowest BCUT2D eigenvalue weighted by Gasteiger charge is -2.34. The molecule has 2 heterocycles. The SMILES string of the molecule is CNC(=O)[C@@H]1CN(C(=O)CCc2nc(-c3ccccc3)no2)c2ccccc2O1. The zero-order chi connectivity index (χ0) is 20.2. The second-order valence-electron chi connectivity index (χ2n) is 6.57. The molecule has 0 fully saturated rings. The fourth-order valence-corrected chi connectivity index (χ4v) is 3.18. The van der Waals surface area contributed by atoms with Crippen LogP contribution in [0.4, 0.5) is 5.69 Å². The maximum Gasteiger partial charge on any atom is 0.262 e. The van der Waals surface area contributed by atoms with Gasteiger partial charge in [0.15, 0.2) is 6.10 Å². The van der Waals surface area contributed by atoms with Crippen LogP contribution in [0.3, 0.4) is 0 Å². The van der Waals surface area contributed by atoms with E-state index in [-0.39, 0.29) is 24.8 Å². The van der Waals surface area contributed by atoms with E-state index in [9.17, 15) is 9.59 Å². The molecule has 8 nitrogen and oxygen atoms in total. The molecule has 1 N–H and O–H groups in total. The van der Waals surface area contributed by atoms with Gasteiger partial charge in [-0.1, -0.05) is 47.6 Å². The molecule has 0 unspecified atom stereocenters. The maximum atomic E-state index is 12.9. The predicted octanol–water partition coefficient (Wildman–Crippen LogP) is 2.21. The molecule has 0 saturated carbocycles. The highest BCUT2D eigenvalue weighted by Gasteiger charge is 2.33. The Hall–Kier alpha value is -3.68. The Kier molecular flexibility index (Phi) is 5.24. The number of fused-ring (bicyclic) bond motifs is 1. The Morgan fingerprint density at radius 1 is 1.14 bits per heavy atom. The largest absolute Gasteiger partial charge is 0.477 e. The third kappa shape index (κ3) is 3.96. The Morgan fingerprint density at radius 2 is 1.90 bits per heavy atom. The molecule has 3 aromatic rings. The number of carbonyl (C=O) groups is 2. The molecule has 2 aromatic carbocycles. The van der Waals surface area contributed by atoms with Crippen LogP contribution in [0.5, 0.6) is 5.75 Å². The van der Waals surface area contributed by atoms with E-state index in [4.69, 9.17) is 9.26 Å². The first-order chi connectivity index (χ1) is 14.2. The van der Waals surface area contributed by atoms with Crippen LogP contribution >= 0.6 is 0 Å². The minimum Gasteiger partial charge on any atom is -0.477 e. The first-order valence-electron chi connectivity index (χ1n) is 9.31. The lowest BCUT2D eigenvalue weighted by molar-refractivity contribution is -0.127. The summed E-state index contributed by atoms with van der Waals surface area (Å²) in [5.74, 6) is 0.965. The molecule has 4 rings (SSSR count). The molecule has 1 atom stereocenters. The molecule has 2 amide bonds. The zero-order valence-electron chi connectivity index (χ0n) is 15.9. The fourth-order valence-electron chi connectivity index (χ4n) is 3.18. The highest BCUT2D eigenvalue weighted by Crippen LogP contribution is 2.33. The maximum absolute atomic E-state index is 12.9. The van der Waals surface area contributed by atoms with Gasteiger partial charge < -0.3 is 19.5 Å². The van der Waals surface area contributed by atoms with Gasteiger partial charge in [0.1, 0.15) is 5.75 Å². The Labute approximate surface area is 167 Å². The van der Waals surface area contributed by atoms with Crippen molar-refractivity contribution >= 4 is 17.5 Å². The summed E-state index contributed by atoms with van der Waals surface area (Å²) in [6.45, 7) is 0.147. The van der Waals surface area contributed by atoms with Gasteiger partial charge in [0.25, 0.3) is 5.91 Å². The molecule has 29 heavy (non-hydrogen) atoms. The van der Waals surface area contributed by atoms with Crippen LogP contribution in [-0.4, -0.2) is 41.7 Å². The average Bonchev–Trinajstić information content (AvgIpc) is 3.26. The van der Waals surface area contributed by atoms with Gasteiger partial charge in [-0.15, -0.1) is 0 Å². The van der Waals surface area contributed by atoms with Gasteiger partial charge >= 0.3 is 0 Å². The number of nitrogens with zero attached hydrogens (tertiary/aromatic N) is 3. The third-order valence-corrected chi connectivity index (χ3v) is 4.67. The molecule has 0 saturated heterocycles. The summed E-state index contributed by atoms with van der Waals surface area (Å²) in [7, 11) is 1.54. The second-order valence-corrected chi connectivity index (χ2v) is 6.57. The monoisotopic (exact) mass is 392 g/mol. The van der Waals surface area contributed by atoms with Gasteiger partial charge in [0.2, 0.25) is 17.6 Å². The molecule has 1 aliphatic rings. The Morgan fingerprint density at radius 3 is 2.69 bits per heavy atom. The van der Waals surface area contributed by atoms with Crippen LogP contribution in [0.25, 0.3) is 11.4 Å². The highest BCUT2D eigenvalue weighted by molar-refractivity contribution is 5.97. The van der Waals surface area contributed by atoms with Crippen LogP contribution in [0.15, 0.2) is 59.1 Å². The summed E-state index contributed by atoms with van der Waals surface area (Å²) in [4.78, 5) is 30.9. The number of likely N-dealkylation sites (N-methyl/N-ethyl adjacent to an activating group) is 1. The van der Waals surface area contributed by atoms with Gasteiger partial charge in [-0.25, -0.2) is 0 Å². The quantitative estimate of drug-likeness (QED) is 0.715. The molecule has 1 aliphatic heterocycles. The smallest absolute Gasteiger partial charge is 0.262 e. The number of anilines is 1. The van der Waals surface area contributed by atoms with Crippen molar-refractivity contribution in [2.45, 2.75) is 18.9 Å². The minimum atomic E-state index is -0.757. The molecule has 0 radical (unpaired) electrons. The molecule has 0 spiro atoms. The van der Waals surface area contributed by atoms with Crippen molar-refractivity contribution in [1.82, 2.24) is 15.5 Å². The van der Waals surface area contributed by atoms with Crippen LogP contribution in [0.1, 0.15) is 12.3 Å². The third-order valence-electron chi connectivity index (χ3n) is 4.67. The van der Waals surface area contributed by atoms with E-state index in [1.165, 1.54) is 7.05 Å². The van der Waals surface area contributed by atoms with Gasteiger partial charge in [0.05, 0.1) is 12.2 Å². The number of amides is 2. The number of nitrogens with one attached hydrogen (secondary N) is 1. The minimum absolute atomic E-state index is 0.144. The number of para-hydroxylation sites is 2. The topological polar surface area (TPSA) is 97.6 Å². The van der Waals surface area contributed by atoms with Crippen LogP contribution in [0, 0.1) is 0 Å². The Bertz CT molecular complexity index is 1020. The average molecular weight is 392 g/mol. The highest BCUT2D eigenvalue weighted by atomic mass is 16.5. The van der Waals surface area contributed by atoms with E-state index < -0.39 is 6.10 Å². The summed E-state index contributed by atoms with van der Waals surface area (Å²) in [5.41, 5.74) is 1.50. The second kappa shape index (κ2) is 8.14. The van der Waals surface area contributed by atoms with E-state index in [1.54, 1.807) is 23.1 Å². The molecule has 0 aliphatic carbocycles. The van der Waals surface area contributed by atoms with Gasteiger partial charge in [-0.2, -0.15) is 4.98 Å². The van der Waals surface area contributed by atoms with E-state index in [1.807, 2.05) is 36.4 Å². The number of benzene rings is 2. The first-order valence-corrected chi connectivity index (χ1v) is 9.31. The molecule has 148 valence electrons. The zero-order valence-corrected chi connectivity index (χ0v) is 15.9. The summed E-state index contributed by atoms with van der Waals surface area (Å²) in [5, 5.41) is 6.54. The Balaban J connectivity index is 1.47. The predicted molar refractivity (Wildman–Crippen MR) is 105 cm³/mol. The van der Waals surface area contributed by atoms with Crippen molar-refractivity contribution < 1.29 is 18.8 Å². The molecule has 8 heteroatoms. The van der Waals surface area contributed by atoms with Gasteiger partial charge in [-0.3, -0.25) is 9.59 Å².